The maximum atomic E-state index is 12.2. The number of nitrogens with one attached hydrogen (secondary N) is 1. The highest BCUT2D eigenvalue weighted by atomic mass is 32.2. The van der Waals surface area contributed by atoms with Gasteiger partial charge in [0, 0.05) is 0 Å². The summed E-state index contributed by atoms with van der Waals surface area (Å²) in [5.74, 6) is -0.421. The van der Waals surface area contributed by atoms with Crippen LogP contribution in [0.2, 0.25) is 0 Å². The van der Waals surface area contributed by atoms with Crippen molar-refractivity contribution in [2.75, 3.05) is 17.7 Å². The number of carbonyl (C=O) groups is 2. The molecule has 0 saturated heterocycles. The van der Waals surface area contributed by atoms with E-state index >= 15 is 0 Å². The van der Waals surface area contributed by atoms with Gasteiger partial charge in [0.1, 0.15) is 0 Å². The quantitative estimate of drug-likeness (QED) is 0.519. The lowest BCUT2D eigenvalue weighted by Gasteiger charge is -2.09. The molecule has 1 N–H and O–H groups in total. The van der Waals surface area contributed by atoms with Crippen LogP contribution in [-0.2, 0) is 9.53 Å². The van der Waals surface area contributed by atoms with Gasteiger partial charge in [-0.3, -0.25) is 4.79 Å². The molecule has 0 aliphatic heterocycles. The van der Waals surface area contributed by atoms with E-state index in [0.29, 0.717) is 11.3 Å². The van der Waals surface area contributed by atoms with Crippen LogP contribution >= 0.6 is 23.1 Å². The fraction of sp³-hybridized carbons (Fsp3) is 0.167. The minimum absolute atomic E-state index is 0.194. The van der Waals surface area contributed by atoms with E-state index in [1.165, 1.54) is 11.8 Å². The summed E-state index contributed by atoms with van der Waals surface area (Å²) in [5.41, 5.74) is 1.74. The number of hydrogen-bond donors (Lipinski definition) is 1. The van der Waals surface area contributed by atoms with Crippen molar-refractivity contribution < 1.29 is 14.3 Å². The van der Waals surface area contributed by atoms with E-state index in [1.54, 1.807) is 42.5 Å². The highest BCUT2D eigenvalue weighted by Crippen LogP contribution is 2.29. The van der Waals surface area contributed by atoms with Gasteiger partial charge in [-0.25, -0.2) is 9.78 Å². The Labute approximate surface area is 153 Å². The van der Waals surface area contributed by atoms with Crippen LogP contribution < -0.4 is 5.32 Å². The van der Waals surface area contributed by atoms with Crippen molar-refractivity contribution in [2.24, 2.45) is 0 Å². The smallest absolute Gasteiger partial charge is 0.340 e. The molecule has 0 atom stereocenters. The minimum atomic E-state index is -0.447. The molecule has 3 aromatic rings. The zero-order valence-electron chi connectivity index (χ0n) is 13.5. The van der Waals surface area contributed by atoms with Crippen LogP contribution in [0.1, 0.15) is 17.3 Å². The van der Waals surface area contributed by atoms with Gasteiger partial charge in [0.25, 0.3) is 0 Å². The molecule has 0 bridgehead atoms. The highest BCUT2D eigenvalue weighted by molar-refractivity contribution is 8.01. The summed E-state index contributed by atoms with van der Waals surface area (Å²) >= 11 is 2.94. The van der Waals surface area contributed by atoms with Crippen molar-refractivity contribution in [3.63, 3.8) is 0 Å². The molecule has 1 heterocycles. The summed E-state index contributed by atoms with van der Waals surface area (Å²) in [6.45, 7) is 2.03. The fourth-order valence-electron chi connectivity index (χ4n) is 2.21. The molecule has 0 spiro atoms. The zero-order chi connectivity index (χ0) is 17.6. The number of fused-ring (bicyclic) bond motifs is 1. The molecule has 0 radical (unpaired) electrons. The van der Waals surface area contributed by atoms with Crippen LogP contribution in [0.25, 0.3) is 10.2 Å². The summed E-state index contributed by atoms with van der Waals surface area (Å²) in [6.07, 6.45) is 0. The summed E-state index contributed by atoms with van der Waals surface area (Å²) in [5, 5.41) is 2.77. The number of nitrogens with zero attached hydrogens (tertiary/aromatic N) is 1. The second-order valence-corrected chi connectivity index (χ2v) is 7.30. The number of aromatic nitrogens is 1. The largest absolute Gasteiger partial charge is 0.462 e. The molecular weight excluding hydrogens is 356 g/mol. The van der Waals surface area contributed by atoms with Crippen molar-refractivity contribution in [3.05, 3.63) is 54.1 Å². The lowest BCUT2D eigenvalue weighted by molar-refractivity contribution is -0.113. The molecule has 0 aliphatic carbocycles. The standard InChI is InChI=1S/C18H16N2O3S2/c1-2-23-17(22)12-7-3-4-8-13(12)19-16(21)11-24-18-20-14-9-5-6-10-15(14)25-18/h3-10H,2,11H2,1H3,(H,19,21). The van der Waals surface area contributed by atoms with Crippen molar-refractivity contribution in [1.29, 1.82) is 0 Å². The van der Waals surface area contributed by atoms with Gasteiger partial charge >= 0.3 is 5.97 Å². The van der Waals surface area contributed by atoms with Crippen molar-refractivity contribution >= 4 is 50.9 Å². The summed E-state index contributed by atoms with van der Waals surface area (Å²) < 4.78 is 6.95. The lowest BCUT2D eigenvalue weighted by Crippen LogP contribution is -2.17. The predicted molar refractivity (Wildman–Crippen MR) is 101 cm³/mol. The SMILES string of the molecule is CCOC(=O)c1ccccc1NC(=O)CSc1nc2ccccc2s1. The Kier molecular flexibility index (Phi) is 5.67. The van der Waals surface area contributed by atoms with Crippen molar-refractivity contribution in [2.45, 2.75) is 11.3 Å². The van der Waals surface area contributed by atoms with Crippen LogP contribution in [0.5, 0.6) is 0 Å². The molecule has 7 heteroatoms. The number of esters is 1. The Hall–Kier alpha value is -2.38. The average molecular weight is 372 g/mol. The summed E-state index contributed by atoms with van der Waals surface area (Å²) in [6, 6.07) is 14.7. The molecule has 5 nitrogen and oxygen atoms in total. The van der Waals surface area contributed by atoms with Gasteiger partial charge in [0.15, 0.2) is 4.34 Å². The number of rotatable bonds is 6. The monoisotopic (exact) mass is 372 g/mol. The molecule has 1 amide bonds. The first-order valence-electron chi connectivity index (χ1n) is 7.71. The third-order valence-corrected chi connectivity index (χ3v) is 5.48. The third-order valence-electron chi connectivity index (χ3n) is 3.30. The molecule has 0 unspecified atom stereocenters. The Morgan fingerprint density at radius 2 is 1.92 bits per heavy atom. The van der Waals surface area contributed by atoms with E-state index < -0.39 is 5.97 Å². The van der Waals surface area contributed by atoms with Gasteiger partial charge in [0.2, 0.25) is 5.91 Å². The number of amides is 1. The van der Waals surface area contributed by atoms with Gasteiger partial charge in [-0.05, 0) is 31.2 Å². The molecule has 0 aliphatic rings. The zero-order valence-corrected chi connectivity index (χ0v) is 15.2. The normalized spacial score (nSPS) is 10.6. The summed E-state index contributed by atoms with van der Waals surface area (Å²) in [4.78, 5) is 28.7. The minimum Gasteiger partial charge on any atom is -0.462 e. The van der Waals surface area contributed by atoms with Crippen LogP contribution in [0.4, 0.5) is 5.69 Å². The first kappa shape index (κ1) is 17.4. The van der Waals surface area contributed by atoms with Gasteiger partial charge < -0.3 is 10.1 Å². The van der Waals surface area contributed by atoms with Crippen LogP contribution in [0, 0.1) is 0 Å². The average Bonchev–Trinajstić information content (AvgIpc) is 3.03. The second kappa shape index (κ2) is 8.13. The Morgan fingerprint density at radius 1 is 1.16 bits per heavy atom. The highest BCUT2D eigenvalue weighted by Gasteiger charge is 2.14. The first-order valence-corrected chi connectivity index (χ1v) is 9.52. The number of ether oxygens (including phenoxy) is 1. The number of carbonyl (C=O) groups excluding carboxylic acids is 2. The van der Waals surface area contributed by atoms with Crippen molar-refractivity contribution in [1.82, 2.24) is 4.98 Å². The van der Waals surface area contributed by atoms with E-state index in [1.807, 2.05) is 24.3 Å². The molecule has 2 aromatic carbocycles. The number of anilines is 1. The van der Waals surface area contributed by atoms with Gasteiger partial charge in [-0.15, -0.1) is 11.3 Å². The molecular formula is C18H16N2O3S2. The fourth-order valence-corrected chi connectivity index (χ4v) is 4.07. The Balaban J connectivity index is 1.64. The molecule has 3 rings (SSSR count). The number of benzene rings is 2. The number of thiazole rings is 1. The lowest BCUT2D eigenvalue weighted by atomic mass is 10.2. The van der Waals surface area contributed by atoms with Gasteiger partial charge in [-0.1, -0.05) is 36.0 Å². The van der Waals surface area contributed by atoms with Crippen LogP contribution in [-0.4, -0.2) is 29.2 Å². The molecule has 25 heavy (non-hydrogen) atoms. The molecule has 1 aromatic heterocycles. The predicted octanol–water partition coefficient (Wildman–Crippen LogP) is 4.20. The topological polar surface area (TPSA) is 68.3 Å². The number of hydrogen-bond acceptors (Lipinski definition) is 6. The van der Waals surface area contributed by atoms with Gasteiger partial charge in [0.05, 0.1) is 33.8 Å². The Morgan fingerprint density at radius 3 is 2.72 bits per heavy atom. The third kappa shape index (κ3) is 4.37. The summed E-state index contributed by atoms with van der Waals surface area (Å²) in [7, 11) is 0. The van der Waals surface area contributed by atoms with E-state index in [4.69, 9.17) is 4.74 Å². The van der Waals surface area contributed by atoms with Crippen molar-refractivity contribution in [3.8, 4) is 0 Å². The maximum Gasteiger partial charge on any atom is 0.340 e. The molecule has 0 saturated carbocycles. The molecule has 128 valence electrons. The Bertz CT molecular complexity index is 875. The number of para-hydroxylation sites is 2. The van der Waals surface area contributed by atoms with Crippen LogP contribution in [0.3, 0.4) is 0 Å². The van der Waals surface area contributed by atoms with E-state index in [9.17, 15) is 9.59 Å². The second-order valence-electron chi connectivity index (χ2n) is 5.05. The van der Waals surface area contributed by atoms with E-state index in [2.05, 4.69) is 10.3 Å². The van der Waals surface area contributed by atoms with E-state index in [-0.39, 0.29) is 18.3 Å². The first-order chi connectivity index (χ1) is 12.2. The van der Waals surface area contributed by atoms with Crippen LogP contribution in [0.15, 0.2) is 52.9 Å². The van der Waals surface area contributed by atoms with E-state index in [0.717, 1.165) is 14.6 Å². The van der Waals surface area contributed by atoms with Gasteiger partial charge in [-0.2, -0.15) is 0 Å². The number of thioether (sulfide) groups is 1. The molecule has 0 fully saturated rings. The maximum absolute atomic E-state index is 12.2.